The maximum atomic E-state index is 12.4. The lowest BCUT2D eigenvalue weighted by Gasteiger charge is -2.29. The molecule has 0 aromatic heterocycles. The Morgan fingerprint density at radius 2 is 1.83 bits per heavy atom. The molecule has 3 rings (SSSR count). The van der Waals surface area contributed by atoms with Crippen LogP contribution in [0.25, 0.3) is 0 Å². The Hall–Kier alpha value is -2.62. The second-order valence-electron chi connectivity index (χ2n) is 6.10. The van der Waals surface area contributed by atoms with Crippen LogP contribution in [0.15, 0.2) is 48.5 Å². The van der Waals surface area contributed by atoms with E-state index >= 15 is 0 Å². The molecule has 0 atom stereocenters. The highest BCUT2D eigenvalue weighted by Gasteiger charge is 2.22. The van der Waals surface area contributed by atoms with Crippen molar-refractivity contribution in [3.63, 3.8) is 0 Å². The first kappa shape index (κ1) is 16.2. The summed E-state index contributed by atoms with van der Waals surface area (Å²) in [6.07, 6.45) is 2.09. The van der Waals surface area contributed by atoms with Gasteiger partial charge in [0, 0.05) is 12.2 Å². The van der Waals surface area contributed by atoms with Crippen molar-refractivity contribution in [2.24, 2.45) is 0 Å². The van der Waals surface area contributed by atoms with Crippen molar-refractivity contribution >= 4 is 17.6 Å². The van der Waals surface area contributed by atoms with Crippen LogP contribution >= 0.6 is 0 Å². The molecular weight excluding hydrogens is 302 g/mol. The van der Waals surface area contributed by atoms with Gasteiger partial charge in [-0.1, -0.05) is 48.0 Å². The van der Waals surface area contributed by atoms with Crippen molar-refractivity contribution in [3.05, 3.63) is 65.2 Å². The van der Waals surface area contributed by atoms with Gasteiger partial charge in [-0.2, -0.15) is 0 Å². The first-order chi connectivity index (χ1) is 11.6. The van der Waals surface area contributed by atoms with Gasteiger partial charge in [-0.25, -0.2) is 0 Å². The summed E-state index contributed by atoms with van der Waals surface area (Å²) >= 11 is 0. The van der Waals surface area contributed by atoms with E-state index in [1.165, 1.54) is 5.56 Å². The first-order valence-corrected chi connectivity index (χ1v) is 8.23. The van der Waals surface area contributed by atoms with Crippen molar-refractivity contribution in [1.29, 1.82) is 0 Å². The largest absolute Gasteiger partial charge is 0.455 e. The number of aryl methyl sites for hydroxylation is 2. The second-order valence-corrected chi connectivity index (χ2v) is 6.10. The van der Waals surface area contributed by atoms with Gasteiger partial charge < -0.3 is 9.64 Å². The number of anilines is 1. The number of ether oxygens (including phenoxy) is 1. The average Bonchev–Trinajstić information content (AvgIpc) is 2.61. The molecule has 0 aliphatic carbocycles. The van der Waals surface area contributed by atoms with Gasteiger partial charge in [-0.3, -0.25) is 9.59 Å². The number of esters is 1. The van der Waals surface area contributed by atoms with Gasteiger partial charge in [-0.05, 0) is 37.0 Å². The van der Waals surface area contributed by atoms with E-state index < -0.39 is 0 Å². The molecule has 0 N–H and O–H groups in total. The predicted octanol–water partition coefficient (Wildman–Crippen LogP) is 3.06. The van der Waals surface area contributed by atoms with Crippen LogP contribution in [0.4, 0.5) is 5.69 Å². The molecule has 1 aliphatic heterocycles. The van der Waals surface area contributed by atoms with E-state index in [2.05, 4.69) is 0 Å². The van der Waals surface area contributed by atoms with Gasteiger partial charge in [0.2, 0.25) is 0 Å². The number of carbonyl (C=O) groups is 2. The molecule has 1 amide bonds. The van der Waals surface area contributed by atoms with Gasteiger partial charge in [0.15, 0.2) is 6.61 Å². The van der Waals surface area contributed by atoms with E-state index in [0.29, 0.717) is 6.54 Å². The van der Waals surface area contributed by atoms with E-state index in [1.54, 1.807) is 4.90 Å². The van der Waals surface area contributed by atoms with E-state index in [9.17, 15) is 9.59 Å². The molecule has 4 nitrogen and oxygen atoms in total. The molecule has 0 spiro atoms. The number of rotatable bonds is 4. The fourth-order valence-electron chi connectivity index (χ4n) is 2.94. The minimum Gasteiger partial charge on any atom is -0.455 e. The van der Waals surface area contributed by atoms with Crippen LogP contribution in [0.1, 0.15) is 23.1 Å². The lowest BCUT2D eigenvalue weighted by atomic mass is 10.0. The van der Waals surface area contributed by atoms with Gasteiger partial charge in [-0.15, -0.1) is 0 Å². The normalized spacial score (nSPS) is 13.3. The summed E-state index contributed by atoms with van der Waals surface area (Å²) in [7, 11) is 0. The minimum atomic E-state index is -0.377. The number of benzene rings is 2. The maximum Gasteiger partial charge on any atom is 0.310 e. The third kappa shape index (κ3) is 3.82. The third-order valence-electron chi connectivity index (χ3n) is 4.24. The molecule has 0 saturated carbocycles. The van der Waals surface area contributed by atoms with E-state index in [0.717, 1.165) is 29.7 Å². The van der Waals surface area contributed by atoms with Crippen molar-refractivity contribution < 1.29 is 14.3 Å². The van der Waals surface area contributed by atoms with Crippen LogP contribution < -0.4 is 4.90 Å². The SMILES string of the molecule is Cc1ccc(CC(=O)OCC(=O)N2CCCc3ccccc32)cc1. The molecule has 2 aromatic carbocycles. The maximum absolute atomic E-state index is 12.4. The van der Waals surface area contributed by atoms with E-state index in [1.807, 2.05) is 55.5 Å². The number of nitrogens with zero attached hydrogens (tertiary/aromatic N) is 1. The molecule has 0 bridgehead atoms. The Kier molecular flexibility index (Phi) is 4.94. The fourth-order valence-corrected chi connectivity index (χ4v) is 2.94. The molecule has 0 unspecified atom stereocenters. The zero-order valence-corrected chi connectivity index (χ0v) is 13.8. The number of amides is 1. The standard InChI is InChI=1S/C20H21NO3/c1-15-8-10-16(11-9-15)13-20(23)24-14-19(22)21-12-4-6-17-5-2-3-7-18(17)21/h2-3,5,7-11H,4,6,12-14H2,1H3. The highest BCUT2D eigenvalue weighted by Crippen LogP contribution is 2.26. The average molecular weight is 323 g/mol. The third-order valence-corrected chi connectivity index (χ3v) is 4.24. The van der Waals surface area contributed by atoms with Crippen molar-refractivity contribution in [2.75, 3.05) is 18.1 Å². The number of carbonyl (C=O) groups excluding carboxylic acids is 2. The molecule has 0 fully saturated rings. The topological polar surface area (TPSA) is 46.6 Å². The molecule has 1 aliphatic rings. The zero-order chi connectivity index (χ0) is 16.9. The second kappa shape index (κ2) is 7.30. The highest BCUT2D eigenvalue weighted by atomic mass is 16.5. The van der Waals surface area contributed by atoms with Gasteiger partial charge in [0.1, 0.15) is 0 Å². The Labute approximate surface area is 142 Å². The van der Waals surface area contributed by atoms with Gasteiger partial charge >= 0.3 is 5.97 Å². The van der Waals surface area contributed by atoms with Crippen LogP contribution in [0.3, 0.4) is 0 Å². The number of para-hydroxylation sites is 1. The smallest absolute Gasteiger partial charge is 0.310 e. The molecule has 1 heterocycles. The summed E-state index contributed by atoms with van der Waals surface area (Å²) in [4.78, 5) is 26.1. The molecule has 2 aromatic rings. The molecule has 0 radical (unpaired) electrons. The van der Waals surface area contributed by atoms with Gasteiger partial charge in [0.05, 0.1) is 6.42 Å². The summed E-state index contributed by atoms with van der Waals surface area (Å²) in [6.45, 7) is 2.46. The molecule has 4 heteroatoms. The summed E-state index contributed by atoms with van der Waals surface area (Å²) in [5.41, 5.74) is 4.14. The molecule has 124 valence electrons. The van der Waals surface area contributed by atoms with Crippen LogP contribution in [0, 0.1) is 6.92 Å². The Morgan fingerprint density at radius 3 is 2.62 bits per heavy atom. The van der Waals surface area contributed by atoms with Crippen LogP contribution in [-0.4, -0.2) is 25.0 Å². The zero-order valence-electron chi connectivity index (χ0n) is 13.8. The van der Waals surface area contributed by atoms with Crippen molar-refractivity contribution in [1.82, 2.24) is 0 Å². The van der Waals surface area contributed by atoms with Crippen molar-refractivity contribution in [3.8, 4) is 0 Å². The summed E-state index contributed by atoms with van der Waals surface area (Å²) < 4.78 is 5.18. The lowest BCUT2D eigenvalue weighted by molar-refractivity contribution is -0.147. The number of hydrogen-bond donors (Lipinski definition) is 0. The molecule has 24 heavy (non-hydrogen) atoms. The number of fused-ring (bicyclic) bond motifs is 1. The predicted molar refractivity (Wildman–Crippen MR) is 93.0 cm³/mol. The summed E-state index contributed by atoms with van der Waals surface area (Å²) in [5.74, 6) is -0.545. The lowest BCUT2D eigenvalue weighted by Crippen LogP contribution is -2.38. The quantitative estimate of drug-likeness (QED) is 0.813. The highest BCUT2D eigenvalue weighted by molar-refractivity contribution is 5.96. The first-order valence-electron chi connectivity index (χ1n) is 8.23. The minimum absolute atomic E-state index is 0.167. The monoisotopic (exact) mass is 323 g/mol. The number of hydrogen-bond acceptors (Lipinski definition) is 3. The Balaban J connectivity index is 1.56. The summed E-state index contributed by atoms with van der Waals surface area (Å²) in [5, 5.41) is 0. The van der Waals surface area contributed by atoms with Crippen LogP contribution in [0.2, 0.25) is 0 Å². The Bertz CT molecular complexity index is 737. The van der Waals surface area contributed by atoms with Gasteiger partial charge in [0.25, 0.3) is 5.91 Å². The van der Waals surface area contributed by atoms with Crippen LogP contribution in [0.5, 0.6) is 0 Å². The fraction of sp³-hybridized carbons (Fsp3) is 0.300. The van der Waals surface area contributed by atoms with E-state index in [-0.39, 0.29) is 24.9 Å². The Morgan fingerprint density at radius 1 is 1.08 bits per heavy atom. The van der Waals surface area contributed by atoms with Crippen LogP contribution in [-0.2, 0) is 27.2 Å². The molecule has 0 saturated heterocycles. The summed E-state index contributed by atoms with van der Waals surface area (Å²) in [6, 6.07) is 15.6. The van der Waals surface area contributed by atoms with Crippen molar-refractivity contribution in [2.45, 2.75) is 26.2 Å². The van der Waals surface area contributed by atoms with E-state index in [4.69, 9.17) is 4.74 Å². The molecular formula is C20H21NO3.